The Bertz CT molecular complexity index is 763. The molecule has 0 aliphatic rings. The van der Waals surface area contributed by atoms with Crippen LogP contribution in [0.15, 0.2) is 36.5 Å². The van der Waals surface area contributed by atoms with E-state index in [0.29, 0.717) is 11.3 Å². The molecule has 1 aromatic heterocycles. The highest BCUT2D eigenvalue weighted by atomic mass is 35.5. The molecule has 0 atom stereocenters. The summed E-state index contributed by atoms with van der Waals surface area (Å²) in [5.41, 5.74) is 0.524. The van der Waals surface area contributed by atoms with E-state index in [1.807, 2.05) is 0 Å². The van der Waals surface area contributed by atoms with Gasteiger partial charge in [0.05, 0.1) is 11.3 Å². The number of hydrogen-bond acceptors (Lipinski definition) is 5. The summed E-state index contributed by atoms with van der Waals surface area (Å²) in [7, 11) is 0. The topological polar surface area (TPSA) is 106 Å². The Hall–Kier alpha value is -2.93. The average Bonchev–Trinajstić information content (AvgIpc) is 2.53. The largest absolute Gasteiger partial charge is 0.478 e. The summed E-state index contributed by atoms with van der Waals surface area (Å²) in [6.45, 7) is -0.402. The number of rotatable bonds is 6. The fraction of sp³-hybridized carbons (Fsp3) is 0.0667. The normalized spacial score (nSPS) is 9.96. The molecule has 1 amide bonds. The summed E-state index contributed by atoms with van der Waals surface area (Å²) in [5.74, 6) is -1.67. The van der Waals surface area contributed by atoms with Crippen LogP contribution in [0.1, 0.15) is 20.7 Å². The highest BCUT2D eigenvalue weighted by Crippen LogP contribution is 2.19. The number of carbonyl (C=O) groups is 3. The Balaban J connectivity index is 2.01. The van der Waals surface area contributed by atoms with Crippen molar-refractivity contribution in [3.63, 3.8) is 0 Å². The molecule has 0 aliphatic heterocycles. The number of anilines is 1. The maximum Gasteiger partial charge on any atom is 0.335 e. The maximum atomic E-state index is 11.8. The van der Waals surface area contributed by atoms with E-state index < -0.39 is 18.5 Å². The maximum absolute atomic E-state index is 11.8. The minimum atomic E-state index is -1.13. The lowest BCUT2D eigenvalue weighted by molar-refractivity contribution is -0.118. The number of aromatic nitrogens is 1. The Morgan fingerprint density at radius 3 is 2.78 bits per heavy atom. The molecule has 8 heteroatoms. The van der Waals surface area contributed by atoms with Crippen LogP contribution >= 0.6 is 11.6 Å². The minimum absolute atomic E-state index is 0.00162. The van der Waals surface area contributed by atoms with Crippen LogP contribution in [0.5, 0.6) is 5.88 Å². The van der Waals surface area contributed by atoms with Crippen molar-refractivity contribution >= 4 is 35.5 Å². The Kier molecular flexibility index (Phi) is 5.27. The average molecular weight is 335 g/mol. The number of ether oxygens (including phenoxy) is 1. The van der Waals surface area contributed by atoms with Gasteiger partial charge in [-0.15, -0.1) is 0 Å². The summed E-state index contributed by atoms with van der Waals surface area (Å²) in [6, 6.07) is 6.94. The molecule has 0 bridgehead atoms. The van der Waals surface area contributed by atoms with Crippen LogP contribution in [0.25, 0.3) is 0 Å². The molecule has 1 aromatic carbocycles. The fourth-order valence-corrected chi connectivity index (χ4v) is 1.86. The first-order valence-corrected chi connectivity index (χ1v) is 6.74. The number of hydrogen-bond donors (Lipinski definition) is 2. The Morgan fingerprint density at radius 1 is 1.30 bits per heavy atom. The monoisotopic (exact) mass is 334 g/mol. The van der Waals surface area contributed by atoms with Gasteiger partial charge in [-0.1, -0.05) is 11.6 Å². The first-order valence-electron chi connectivity index (χ1n) is 6.36. The van der Waals surface area contributed by atoms with Crippen molar-refractivity contribution in [2.24, 2.45) is 0 Å². The standard InChI is InChI=1S/C15H11ClN2O5/c16-11-2-1-10(7-19)12(6-11)18-13(20)8-23-14-5-9(15(21)22)3-4-17-14/h1-7H,8H2,(H,18,20)(H,21,22). The molecule has 23 heavy (non-hydrogen) atoms. The van der Waals surface area contributed by atoms with E-state index in [-0.39, 0.29) is 22.7 Å². The molecule has 1 heterocycles. The van der Waals surface area contributed by atoms with Gasteiger partial charge in [-0.25, -0.2) is 9.78 Å². The number of pyridine rings is 1. The third kappa shape index (κ3) is 4.52. The number of nitrogens with one attached hydrogen (secondary N) is 1. The molecule has 0 radical (unpaired) electrons. The van der Waals surface area contributed by atoms with Crippen LogP contribution in [0.4, 0.5) is 5.69 Å². The summed E-state index contributed by atoms with van der Waals surface area (Å²) in [4.78, 5) is 37.4. The van der Waals surface area contributed by atoms with Crippen molar-refractivity contribution in [1.29, 1.82) is 0 Å². The summed E-state index contributed by atoms with van der Waals surface area (Å²) >= 11 is 5.81. The summed E-state index contributed by atoms with van der Waals surface area (Å²) in [5, 5.41) is 11.7. The van der Waals surface area contributed by atoms with Crippen molar-refractivity contribution in [1.82, 2.24) is 4.98 Å². The third-order valence-electron chi connectivity index (χ3n) is 2.75. The zero-order valence-corrected chi connectivity index (χ0v) is 12.4. The quantitative estimate of drug-likeness (QED) is 0.785. The van der Waals surface area contributed by atoms with Crippen molar-refractivity contribution in [3.8, 4) is 5.88 Å². The van der Waals surface area contributed by atoms with Gasteiger partial charge in [0.2, 0.25) is 5.88 Å². The van der Waals surface area contributed by atoms with E-state index in [1.54, 1.807) is 0 Å². The second-order valence-electron chi connectivity index (χ2n) is 4.37. The second kappa shape index (κ2) is 7.37. The SMILES string of the molecule is O=Cc1ccc(Cl)cc1NC(=O)COc1cc(C(=O)O)ccn1. The smallest absolute Gasteiger partial charge is 0.335 e. The third-order valence-corrected chi connectivity index (χ3v) is 2.98. The second-order valence-corrected chi connectivity index (χ2v) is 4.81. The van der Waals surface area contributed by atoms with Gasteiger partial charge >= 0.3 is 5.97 Å². The molecule has 2 aromatic rings. The Labute approximate surface area is 135 Å². The van der Waals surface area contributed by atoms with Crippen molar-refractivity contribution in [3.05, 3.63) is 52.7 Å². The summed E-state index contributed by atoms with van der Waals surface area (Å²) < 4.78 is 5.13. The molecule has 0 unspecified atom stereocenters. The number of aromatic carboxylic acids is 1. The van der Waals surface area contributed by atoms with Crippen LogP contribution in [0.2, 0.25) is 5.02 Å². The molecule has 0 aliphatic carbocycles. The van der Waals surface area contributed by atoms with E-state index in [4.69, 9.17) is 21.4 Å². The zero-order valence-electron chi connectivity index (χ0n) is 11.7. The van der Waals surface area contributed by atoms with Crippen molar-refractivity contribution in [2.45, 2.75) is 0 Å². The molecule has 0 saturated carbocycles. The van der Waals surface area contributed by atoms with Gasteiger partial charge in [-0.3, -0.25) is 9.59 Å². The van der Waals surface area contributed by atoms with Gasteiger partial charge < -0.3 is 15.2 Å². The molecule has 7 nitrogen and oxygen atoms in total. The summed E-state index contributed by atoms with van der Waals surface area (Å²) in [6.07, 6.45) is 1.85. The van der Waals surface area contributed by atoms with Gasteiger partial charge in [-0.2, -0.15) is 0 Å². The van der Waals surface area contributed by atoms with Crippen LogP contribution in [-0.4, -0.2) is 34.9 Å². The molecule has 2 rings (SSSR count). The zero-order chi connectivity index (χ0) is 16.8. The number of benzene rings is 1. The molecule has 0 saturated heterocycles. The molecule has 118 valence electrons. The van der Waals surface area contributed by atoms with Crippen LogP contribution in [0.3, 0.4) is 0 Å². The number of carboxylic acid groups (broad SMARTS) is 1. The Morgan fingerprint density at radius 2 is 2.09 bits per heavy atom. The predicted molar refractivity (Wildman–Crippen MR) is 82.2 cm³/mol. The molecule has 0 fully saturated rings. The van der Waals surface area contributed by atoms with Gasteiger partial charge in [0.1, 0.15) is 0 Å². The van der Waals surface area contributed by atoms with Gasteiger partial charge in [-0.05, 0) is 24.3 Å². The van der Waals surface area contributed by atoms with E-state index in [2.05, 4.69) is 10.3 Å². The van der Waals surface area contributed by atoms with Crippen LogP contribution in [0, 0.1) is 0 Å². The fourth-order valence-electron chi connectivity index (χ4n) is 1.69. The number of halogens is 1. The first-order chi connectivity index (χ1) is 11.0. The first kappa shape index (κ1) is 16.4. The number of amides is 1. The van der Waals surface area contributed by atoms with Crippen molar-refractivity contribution in [2.75, 3.05) is 11.9 Å². The highest BCUT2D eigenvalue weighted by molar-refractivity contribution is 6.31. The molecular formula is C15H11ClN2O5. The lowest BCUT2D eigenvalue weighted by Gasteiger charge is -2.09. The minimum Gasteiger partial charge on any atom is -0.478 e. The highest BCUT2D eigenvalue weighted by Gasteiger charge is 2.10. The lowest BCUT2D eigenvalue weighted by Crippen LogP contribution is -2.21. The van der Waals surface area contributed by atoms with Gasteiger partial charge in [0, 0.05) is 22.8 Å². The van der Waals surface area contributed by atoms with E-state index in [9.17, 15) is 14.4 Å². The van der Waals surface area contributed by atoms with Crippen molar-refractivity contribution < 1.29 is 24.2 Å². The number of aldehydes is 1. The predicted octanol–water partition coefficient (Wildman–Crippen LogP) is 2.26. The number of nitrogens with zero attached hydrogens (tertiary/aromatic N) is 1. The lowest BCUT2D eigenvalue weighted by atomic mass is 10.2. The number of carbonyl (C=O) groups excluding carboxylic acids is 2. The number of carboxylic acids is 1. The molecular weight excluding hydrogens is 324 g/mol. The van der Waals surface area contributed by atoms with E-state index >= 15 is 0 Å². The van der Waals surface area contributed by atoms with Crippen LogP contribution < -0.4 is 10.1 Å². The van der Waals surface area contributed by atoms with Gasteiger partial charge in [0.25, 0.3) is 5.91 Å². The van der Waals surface area contributed by atoms with E-state index in [1.165, 1.54) is 36.5 Å². The molecule has 2 N–H and O–H groups in total. The molecule has 0 spiro atoms. The van der Waals surface area contributed by atoms with Crippen LogP contribution in [-0.2, 0) is 4.79 Å². The van der Waals surface area contributed by atoms with E-state index in [0.717, 1.165) is 0 Å². The van der Waals surface area contributed by atoms with Gasteiger partial charge in [0.15, 0.2) is 12.9 Å².